The Bertz CT molecular complexity index is 1030. The van der Waals surface area contributed by atoms with Crippen molar-refractivity contribution in [2.75, 3.05) is 0 Å². The van der Waals surface area contributed by atoms with Gasteiger partial charge in [0, 0.05) is 12.1 Å². The molecule has 4 nitrogen and oxygen atoms in total. The topological polar surface area (TPSA) is 62.3 Å². The highest BCUT2D eigenvalue weighted by Crippen LogP contribution is 2.19. The molecule has 0 bridgehead atoms. The van der Waals surface area contributed by atoms with Gasteiger partial charge in [0.1, 0.15) is 0 Å². The Morgan fingerprint density at radius 3 is 2.19 bits per heavy atom. The van der Waals surface area contributed by atoms with Gasteiger partial charge < -0.3 is 4.98 Å². The van der Waals surface area contributed by atoms with Gasteiger partial charge in [0.15, 0.2) is 0 Å². The second kappa shape index (κ2) is 7.30. The number of aromatic amines is 1. The van der Waals surface area contributed by atoms with Crippen molar-refractivity contribution < 1.29 is 8.42 Å². The van der Waals surface area contributed by atoms with Crippen molar-refractivity contribution in [2.24, 2.45) is 4.40 Å². The predicted molar refractivity (Wildman–Crippen MR) is 105 cm³/mol. The van der Waals surface area contributed by atoms with E-state index in [1.807, 2.05) is 57.2 Å². The molecule has 1 aromatic heterocycles. The van der Waals surface area contributed by atoms with Gasteiger partial charge in [-0.05, 0) is 50.1 Å². The summed E-state index contributed by atoms with van der Waals surface area (Å²) < 4.78 is 29.9. The Balaban J connectivity index is 2.08. The highest BCUT2D eigenvalue weighted by molar-refractivity contribution is 7.90. The van der Waals surface area contributed by atoms with E-state index in [1.54, 1.807) is 24.3 Å². The van der Waals surface area contributed by atoms with E-state index in [0.29, 0.717) is 12.1 Å². The smallest absolute Gasteiger partial charge is 0.282 e. The normalized spacial score (nSPS) is 12.3. The van der Waals surface area contributed by atoms with E-state index < -0.39 is 10.0 Å². The Kier molecular flexibility index (Phi) is 5.09. The van der Waals surface area contributed by atoms with Gasteiger partial charge in [-0.25, -0.2) is 0 Å². The van der Waals surface area contributed by atoms with Gasteiger partial charge in [-0.1, -0.05) is 48.0 Å². The van der Waals surface area contributed by atoms with Crippen molar-refractivity contribution in [3.05, 3.63) is 88.7 Å². The summed E-state index contributed by atoms with van der Waals surface area (Å²) in [4.78, 5) is 3.46. The molecular weight excluding hydrogens is 344 g/mol. The Labute approximate surface area is 154 Å². The van der Waals surface area contributed by atoms with Crippen LogP contribution < -0.4 is 0 Å². The fraction of sp³-hybridized carbons (Fsp3) is 0.190. The standard InChI is InChI=1S/C21H22N2O2S/c1-15-9-11-19(12-10-15)26(24,25)23-20(14-18-7-5-4-6-8-18)21-16(2)13-17(3)22-21/h4-13,22H,14H2,1-3H3/b23-20+. The molecule has 3 aromatic rings. The summed E-state index contributed by atoms with van der Waals surface area (Å²) in [6.07, 6.45) is 0.437. The maximum atomic E-state index is 12.8. The molecule has 0 amide bonds. The maximum absolute atomic E-state index is 12.8. The van der Waals surface area contributed by atoms with Crippen LogP contribution in [0.4, 0.5) is 0 Å². The average molecular weight is 366 g/mol. The molecule has 0 saturated heterocycles. The molecule has 134 valence electrons. The molecule has 0 saturated carbocycles. The molecule has 0 aliphatic rings. The highest BCUT2D eigenvalue weighted by atomic mass is 32.2. The van der Waals surface area contributed by atoms with Crippen LogP contribution in [0.2, 0.25) is 0 Å². The van der Waals surface area contributed by atoms with Crippen LogP contribution in [0.15, 0.2) is 70.0 Å². The number of H-pyrrole nitrogens is 1. The first-order valence-electron chi connectivity index (χ1n) is 8.46. The Morgan fingerprint density at radius 1 is 0.962 bits per heavy atom. The number of nitrogens with zero attached hydrogens (tertiary/aromatic N) is 1. The fourth-order valence-electron chi connectivity index (χ4n) is 2.89. The summed E-state index contributed by atoms with van der Waals surface area (Å²) in [6, 6.07) is 18.5. The van der Waals surface area contributed by atoms with Crippen LogP contribution in [0.25, 0.3) is 0 Å². The molecule has 0 radical (unpaired) electrons. The van der Waals surface area contributed by atoms with Crippen LogP contribution >= 0.6 is 0 Å². The van der Waals surface area contributed by atoms with Crippen molar-refractivity contribution in [1.82, 2.24) is 4.98 Å². The van der Waals surface area contributed by atoms with E-state index in [9.17, 15) is 8.42 Å². The highest BCUT2D eigenvalue weighted by Gasteiger charge is 2.18. The minimum atomic E-state index is -3.78. The quantitative estimate of drug-likeness (QED) is 0.682. The second-order valence-electron chi connectivity index (χ2n) is 6.50. The monoisotopic (exact) mass is 366 g/mol. The molecular formula is C21H22N2O2S. The summed E-state index contributed by atoms with van der Waals surface area (Å²) in [5.74, 6) is 0. The fourth-order valence-corrected chi connectivity index (χ4v) is 3.92. The minimum absolute atomic E-state index is 0.203. The average Bonchev–Trinajstić information content (AvgIpc) is 2.94. The van der Waals surface area contributed by atoms with Gasteiger partial charge in [-0.2, -0.15) is 12.8 Å². The second-order valence-corrected chi connectivity index (χ2v) is 8.10. The SMILES string of the molecule is Cc1ccc(S(=O)(=O)/N=C(\Cc2ccccc2)c2[nH]c(C)cc2C)cc1. The van der Waals surface area contributed by atoms with E-state index >= 15 is 0 Å². The number of nitrogens with one attached hydrogen (secondary N) is 1. The molecule has 0 fully saturated rings. The third-order valence-corrected chi connectivity index (χ3v) is 5.53. The molecule has 0 aliphatic heterocycles. The third kappa shape index (κ3) is 4.11. The minimum Gasteiger partial charge on any atom is -0.357 e. The van der Waals surface area contributed by atoms with Crippen molar-refractivity contribution in [3.63, 3.8) is 0 Å². The number of sulfonamides is 1. The first-order valence-corrected chi connectivity index (χ1v) is 9.90. The molecule has 26 heavy (non-hydrogen) atoms. The molecule has 5 heteroatoms. The van der Waals surface area contributed by atoms with Crippen molar-refractivity contribution in [3.8, 4) is 0 Å². The van der Waals surface area contributed by atoms with E-state index in [1.165, 1.54) is 0 Å². The number of aryl methyl sites for hydroxylation is 3. The van der Waals surface area contributed by atoms with Crippen LogP contribution in [0.5, 0.6) is 0 Å². The van der Waals surface area contributed by atoms with Crippen molar-refractivity contribution >= 4 is 15.7 Å². The largest absolute Gasteiger partial charge is 0.357 e. The van der Waals surface area contributed by atoms with Gasteiger partial charge >= 0.3 is 0 Å². The van der Waals surface area contributed by atoms with Crippen LogP contribution in [0.1, 0.15) is 28.1 Å². The zero-order valence-corrected chi connectivity index (χ0v) is 16.0. The zero-order valence-electron chi connectivity index (χ0n) is 15.2. The van der Waals surface area contributed by atoms with Crippen molar-refractivity contribution in [1.29, 1.82) is 0 Å². The lowest BCUT2D eigenvalue weighted by molar-refractivity contribution is 0.598. The lowest BCUT2D eigenvalue weighted by Gasteiger charge is -2.08. The van der Waals surface area contributed by atoms with Gasteiger partial charge in [-0.3, -0.25) is 0 Å². The number of aromatic nitrogens is 1. The lowest BCUT2D eigenvalue weighted by Crippen LogP contribution is -2.11. The Hall–Kier alpha value is -2.66. The maximum Gasteiger partial charge on any atom is 0.282 e. The number of benzene rings is 2. The molecule has 2 aromatic carbocycles. The lowest BCUT2D eigenvalue weighted by atomic mass is 10.0. The summed E-state index contributed by atoms with van der Waals surface area (Å²) in [7, 11) is -3.78. The van der Waals surface area contributed by atoms with E-state index in [-0.39, 0.29) is 4.90 Å². The van der Waals surface area contributed by atoms with Crippen molar-refractivity contribution in [2.45, 2.75) is 32.1 Å². The van der Waals surface area contributed by atoms with Crippen LogP contribution in [0, 0.1) is 20.8 Å². The zero-order chi connectivity index (χ0) is 18.7. The third-order valence-electron chi connectivity index (χ3n) is 4.20. The van der Waals surface area contributed by atoms with Crippen LogP contribution in [-0.4, -0.2) is 19.1 Å². The van der Waals surface area contributed by atoms with E-state index in [2.05, 4.69) is 9.38 Å². The van der Waals surface area contributed by atoms with E-state index in [0.717, 1.165) is 28.1 Å². The summed E-state index contributed by atoms with van der Waals surface area (Å²) in [6.45, 7) is 5.83. The molecule has 1 N–H and O–H groups in total. The van der Waals surface area contributed by atoms with Crippen LogP contribution in [-0.2, 0) is 16.4 Å². The van der Waals surface area contributed by atoms with Crippen LogP contribution in [0.3, 0.4) is 0 Å². The Morgan fingerprint density at radius 2 is 1.62 bits per heavy atom. The molecule has 0 atom stereocenters. The van der Waals surface area contributed by atoms with E-state index in [4.69, 9.17) is 0 Å². The molecule has 3 rings (SSSR count). The van der Waals surface area contributed by atoms with Gasteiger partial charge in [0.2, 0.25) is 0 Å². The summed E-state index contributed by atoms with van der Waals surface area (Å²) in [5, 5.41) is 0. The molecule has 1 heterocycles. The number of hydrogen-bond donors (Lipinski definition) is 1. The molecule has 0 spiro atoms. The number of hydrogen-bond acceptors (Lipinski definition) is 2. The summed E-state index contributed by atoms with van der Waals surface area (Å²) in [5.41, 5.74) is 5.26. The first-order chi connectivity index (χ1) is 12.3. The van der Waals surface area contributed by atoms with Gasteiger partial charge in [0.05, 0.1) is 16.3 Å². The van der Waals surface area contributed by atoms with Gasteiger partial charge in [-0.15, -0.1) is 0 Å². The first kappa shape index (κ1) is 18.1. The molecule has 0 aliphatic carbocycles. The summed E-state index contributed by atoms with van der Waals surface area (Å²) >= 11 is 0. The predicted octanol–water partition coefficient (Wildman–Crippen LogP) is 4.36. The molecule has 0 unspecified atom stereocenters. The number of rotatable bonds is 5. The van der Waals surface area contributed by atoms with Gasteiger partial charge in [0.25, 0.3) is 10.0 Å².